The van der Waals surface area contributed by atoms with Crippen molar-refractivity contribution in [2.24, 2.45) is 10.9 Å². The number of aromatic nitrogens is 1. The SMILES string of the molecule is C=CC1C=CC(c2ccccc2)=NC1c1ccccn1. The van der Waals surface area contributed by atoms with Gasteiger partial charge in [-0.15, -0.1) is 6.58 Å². The van der Waals surface area contributed by atoms with Crippen LogP contribution in [0.4, 0.5) is 0 Å². The lowest BCUT2D eigenvalue weighted by atomic mass is 9.92. The average molecular weight is 260 g/mol. The molecule has 0 spiro atoms. The summed E-state index contributed by atoms with van der Waals surface area (Å²) in [6.07, 6.45) is 7.97. The Kier molecular flexibility index (Phi) is 3.55. The van der Waals surface area contributed by atoms with Gasteiger partial charge >= 0.3 is 0 Å². The highest BCUT2D eigenvalue weighted by atomic mass is 14.9. The summed E-state index contributed by atoms with van der Waals surface area (Å²) in [6.45, 7) is 3.91. The Balaban J connectivity index is 2.00. The van der Waals surface area contributed by atoms with Crippen molar-refractivity contribution in [1.29, 1.82) is 0 Å². The molecule has 20 heavy (non-hydrogen) atoms. The highest BCUT2D eigenvalue weighted by Crippen LogP contribution is 2.30. The maximum absolute atomic E-state index is 4.87. The molecule has 0 bridgehead atoms. The van der Waals surface area contributed by atoms with Crippen LogP contribution in [0, 0.1) is 5.92 Å². The summed E-state index contributed by atoms with van der Waals surface area (Å²) in [5, 5.41) is 0. The normalized spacial score (nSPS) is 21.3. The van der Waals surface area contributed by atoms with Crippen LogP contribution in [0.5, 0.6) is 0 Å². The van der Waals surface area contributed by atoms with Crippen LogP contribution in [0.25, 0.3) is 0 Å². The second kappa shape index (κ2) is 5.66. The molecule has 2 aromatic rings. The molecular weight excluding hydrogens is 244 g/mol. The van der Waals surface area contributed by atoms with Crippen molar-refractivity contribution in [3.05, 3.63) is 90.8 Å². The van der Waals surface area contributed by atoms with Gasteiger partial charge in [0, 0.05) is 12.1 Å². The van der Waals surface area contributed by atoms with Gasteiger partial charge in [0.1, 0.15) is 6.04 Å². The number of allylic oxidation sites excluding steroid dienone is 1. The first kappa shape index (κ1) is 12.5. The Hall–Kier alpha value is -2.48. The molecule has 98 valence electrons. The summed E-state index contributed by atoms with van der Waals surface area (Å²) in [5.74, 6) is 0.192. The van der Waals surface area contributed by atoms with E-state index in [2.05, 4.69) is 35.8 Å². The fraction of sp³-hybridized carbons (Fsp3) is 0.111. The molecule has 2 atom stereocenters. The zero-order valence-corrected chi connectivity index (χ0v) is 11.2. The second-order valence-electron chi connectivity index (χ2n) is 4.75. The third-order valence-electron chi connectivity index (χ3n) is 3.45. The van der Waals surface area contributed by atoms with Gasteiger partial charge in [-0.1, -0.05) is 48.6 Å². The van der Waals surface area contributed by atoms with E-state index in [-0.39, 0.29) is 12.0 Å². The molecule has 2 heteroatoms. The Bertz CT molecular complexity index is 642. The van der Waals surface area contributed by atoms with E-state index in [1.165, 1.54) is 0 Å². The van der Waals surface area contributed by atoms with Crippen LogP contribution in [0.15, 0.2) is 84.5 Å². The first-order valence-electron chi connectivity index (χ1n) is 6.73. The summed E-state index contributed by atoms with van der Waals surface area (Å²) in [5.41, 5.74) is 3.11. The molecule has 1 aliphatic rings. The lowest BCUT2D eigenvalue weighted by Gasteiger charge is -2.22. The van der Waals surface area contributed by atoms with Gasteiger partial charge in [0.25, 0.3) is 0 Å². The van der Waals surface area contributed by atoms with E-state index < -0.39 is 0 Å². The predicted octanol–water partition coefficient (Wildman–Crippen LogP) is 3.98. The molecule has 2 heterocycles. The molecule has 2 unspecified atom stereocenters. The maximum Gasteiger partial charge on any atom is 0.102 e. The highest BCUT2D eigenvalue weighted by molar-refractivity contribution is 6.09. The minimum atomic E-state index is 0.00825. The van der Waals surface area contributed by atoms with Crippen molar-refractivity contribution in [3.63, 3.8) is 0 Å². The van der Waals surface area contributed by atoms with E-state index in [1.807, 2.05) is 48.7 Å². The van der Waals surface area contributed by atoms with Crippen molar-refractivity contribution in [2.45, 2.75) is 6.04 Å². The van der Waals surface area contributed by atoms with Gasteiger partial charge < -0.3 is 0 Å². The summed E-state index contributed by atoms with van der Waals surface area (Å²) < 4.78 is 0. The first-order valence-corrected chi connectivity index (χ1v) is 6.73. The predicted molar refractivity (Wildman–Crippen MR) is 82.8 cm³/mol. The van der Waals surface area contributed by atoms with Gasteiger partial charge in [0.05, 0.1) is 11.4 Å². The standard InChI is InChI=1S/C18H16N2/c1-2-14-11-12-16(15-8-4-3-5-9-15)20-18(14)17-10-6-7-13-19-17/h2-14,18H,1H2. The first-order chi connectivity index (χ1) is 9.88. The number of aliphatic imine (C=N–C) groups is 1. The van der Waals surface area contributed by atoms with Gasteiger partial charge in [-0.2, -0.15) is 0 Å². The van der Waals surface area contributed by atoms with Crippen molar-refractivity contribution < 1.29 is 0 Å². The van der Waals surface area contributed by atoms with E-state index in [9.17, 15) is 0 Å². The van der Waals surface area contributed by atoms with Crippen molar-refractivity contribution in [2.75, 3.05) is 0 Å². The molecule has 0 N–H and O–H groups in total. The van der Waals surface area contributed by atoms with Gasteiger partial charge in [0.15, 0.2) is 0 Å². The minimum Gasteiger partial charge on any atom is -0.274 e. The Morgan fingerprint density at radius 2 is 1.80 bits per heavy atom. The number of benzene rings is 1. The van der Waals surface area contributed by atoms with Crippen LogP contribution < -0.4 is 0 Å². The molecule has 3 rings (SSSR count). The van der Waals surface area contributed by atoms with Crippen molar-refractivity contribution in [3.8, 4) is 0 Å². The number of hydrogen-bond donors (Lipinski definition) is 0. The zero-order valence-electron chi connectivity index (χ0n) is 11.2. The minimum absolute atomic E-state index is 0.00825. The fourth-order valence-electron chi connectivity index (χ4n) is 2.39. The molecule has 0 radical (unpaired) electrons. The largest absolute Gasteiger partial charge is 0.274 e. The van der Waals surface area contributed by atoms with E-state index in [4.69, 9.17) is 4.99 Å². The smallest absolute Gasteiger partial charge is 0.102 e. The lowest BCUT2D eigenvalue weighted by molar-refractivity contribution is 0.599. The average Bonchev–Trinajstić information content (AvgIpc) is 2.56. The molecule has 0 amide bonds. The molecular formula is C18H16N2. The molecule has 1 aromatic heterocycles. The number of pyridine rings is 1. The monoisotopic (exact) mass is 260 g/mol. The summed E-state index contributed by atoms with van der Waals surface area (Å²) >= 11 is 0. The quantitative estimate of drug-likeness (QED) is 0.766. The molecule has 0 saturated carbocycles. The van der Waals surface area contributed by atoms with E-state index in [0.29, 0.717) is 0 Å². The van der Waals surface area contributed by atoms with Gasteiger partial charge in [-0.25, -0.2) is 0 Å². The Morgan fingerprint density at radius 3 is 2.50 bits per heavy atom. The second-order valence-corrected chi connectivity index (χ2v) is 4.75. The Labute approximate surface area is 119 Å². The van der Waals surface area contributed by atoms with Crippen molar-refractivity contribution in [1.82, 2.24) is 4.98 Å². The lowest BCUT2D eigenvalue weighted by Crippen LogP contribution is -2.15. The van der Waals surface area contributed by atoms with E-state index in [0.717, 1.165) is 17.0 Å². The van der Waals surface area contributed by atoms with Crippen LogP contribution in [0.1, 0.15) is 17.3 Å². The number of rotatable bonds is 3. The molecule has 0 saturated heterocycles. The van der Waals surface area contributed by atoms with Crippen LogP contribution >= 0.6 is 0 Å². The van der Waals surface area contributed by atoms with Gasteiger partial charge in [0.2, 0.25) is 0 Å². The summed E-state index contributed by atoms with van der Waals surface area (Å²) in [4.78, 5) is 9.31. The summed E-state index contributed by atoms with van der Waals surface area (Å²) in [6, 6.07) is 16.2. The van der Waals surface area contributed by atoms with Crippen LogP contribution in [-0.4, -0.2) is 10.7 Å². The molecule has 2 nitrogen and oxygen atoms in total. The van der Waals surface area contributed by atoms with E-state index in [1.54, 1.807) is 0 Å². The van der Waals surface area contributed by atoms with Gasteiger partial charge in [-0.05, 0) is 23.8 Å². The van der Waals surface area contributed by atoms with Gasteiger partial charge in [-0.3, -0.25) is 9.98 Å². The molecule has 0 fully saturated rings. The third-order valence-corrected chi connectivity index (χ3v) is 3.45. The Morgan fingerprint density at radius 1 is 1.00 bits per heavy atom. The molecule has 1 aliphatic heterocycles. The zero-order chi connectivity index (χ0) is 13.8. The van der Waals surface area contributed by atoms with Crippen LogP contribution in [0.3, 0.4) is 0 Å². The van der Waals surface area contributed by atoms with Crippen LogP contribution in [0.2, 0.25) is 0 Å². The molecule has 1 aromatic carbocycles. The van der Waals surface area contributed by atoms with Crippen LogP contribution in [-0.2, 0) is 0 Å². The number of dihydropyridines is 1. The third kappa shape index (κ3) is 2.45. The topological polar surface area (TPSA) is 25.2 Å². The number of hydrogen-bond acceptors (Lipinski definition) is 2. The molecule has 0 aliphatic carbocycles. The van der Waals surface area contributed by atoms with Crippen molar-refractivity contribution >= 4 is 5.71 Å². The fourth-order valence-corrected chi connectivity index (χ4v) is 2.39. The highest BCUT2D eigenvalue weighted by Gasteiger charge is 2.22. The van der Waals surface area contributed by atoms with E-state index >= 15 is 0 Å². The maximum atomic E-state index is 4.87. The summed E-state index contributed by atoms with van der Waals surface area (Å²) in [7, 11) is 0. The number of nitrogens with zero attached hydrogens (tertiary/aromatic N) is 2.